The summed E-state index contributed by atoms with van der Waals surface area (Å²) in [5.41, 5.74) is 5.85. The highest BCUT2D eigenvalue weighted by molar-refractivity contribution is 5.55. The van der Waals surface area contributed by atoms with Gasteiger partial charge in [0.2, 0.25) is 5.95 Å². The zero-order valence-corrected chi connectivity index (χ0v) is 17.8. The number of hydrazine groups is 1. The molecule has 0 unspecified atom stereocenters. The minimum Gasteiger partial charge on any atom is -0.392 e. The second-order valence-electron chi connectivity index (χ2n) is 7.63. The lowest BCUT2D eigenvalue weighted by Crippen LogP contribution is -2.41. The van der Waals surface area contributed by atoms with Crippen LogP contribution in [0.2, 0.25) is 0 Å². The smallest absolute Gasteiger partial charge is 0.255 e. The van der Waals surface area contributed by atoms with Crippen LogP contribution in [0.3, 0.4) is 0 Å². The standard InChI is InChI=1S/C22H23N7O3/c1-15-12-29(26-32-15)17-5-3-16(4-6-17)20-13-28(9-10-31-20)22-25-19(11-21(30)27(22)2)18-7-8-23-14-24-18/h3-8,11-12,14,20,26H,9-10,13H2,1-2H3/t20-/m1/s1. The highest BCUT2D eigenvalue weighted by Crippen LogP contribution is 2.28. The second-order valence-corrected chi connectivity index (χ2v) is 7.63. The van der Waals surface area contributed by atoms with Crippen LogP contribution < -0.4 is 21.1 Å². The lowest BCUT2D eigenvalue weighted by molar-refractivity contribution is 0.0390. The number of allylic oxidation sites excluding steroid dienone is 1. The summed E-state index contributed by atoms with van der Waals surface area (Å²) >= 11 is 0. The number of aromatic nitrogens is 4. The minimum atomic E-state index is -0.141. The Labute approximate surface area is 184 Å². The summed E-state index contributed by atoms with van der Waals surface area (Å²) in [7, 11) is 1.73. The van der Waals surface area contributed by atoms with Gasteiger partial charge in [-0.05, 0) is 30.7 Å². The van der Waals surface area contributed by atoms with Crippen molar-refractivity contribution in [1.82, 2.24) is 25.1 Å². The molecule has 2 aromatic heterocycles. The van der Waals surface area contributed by atoms with E-state index in [4.69, 9.17) is 14.6 Å². The Morgan fingerprint density at radius 1 is 1.16 bits per heavy atom. The summed E-state index contributed by atoms with van der Waals surface area (Å²) < 4.78 is 7.60. The molecular formula is C22H23N7O3. The number of ether oxygens (including phenoxy) is 1. The Morgan fingerprint density at radius 2 is 2.00 bits per heavy atom. The Hall–Kier alpha value is -3.76. The van der Waals surface area contributed by atoms with Crippen molar-refractivity contribution in [2.45, 2.75) is 13.0 Å². The first-order valence-electron chi connectivity index (χ1n) is 10.3. The van der Waals surface area contributed by atoms with E-state index in [1.54, 1.807) is 23.9 Å². The number of anilines is 2. The van der Waals surface area contributed by atoms with Crippen molar-refractivity contribution < 1.29 is 9.57 Å². The van der Waals surface area contributed by atoms with Gasteiger partial charge in [0, 0.05) is 25.9 Å². The van der Waals surface area contributed by atoms with E-state index in [1.807, 2.05) is 42.4 Å². The van der Waals surface area contributed by atoms with E-state index in [0.717, 1.165) is 17.0 Å². The zero-order valence-electron chi connectivity index (χ0n) is 17.8. The van der Waals surface area contributed by atoms with E-state index in [-0.39, 0.29) is 11.7 Å². The van der Waals surface area contributed by atoms with Crippen molar-refractivity contribution >= 4 is 11.6 Å². The normalized spacial score (nSPS) is 18.4. The van der Waals surface area contributed by atoms with Crippen LogP contribution in [0.15, 0.2) is 65.7 Å². The molecule has 1 saturated heterocycles. The molecule has 0 spiro atoms. The van der Waals surface area contributed by atoms with Gasteiger partial charge in [-0.25, -0.2) is 20.0 Å². The number of morpholine rings is 1. The fraction of sp³-hybridized carbons (Fsp3) is 0.273. The SMILES string of the molecule is CC1=CN(c2ccc([C@H]3CN(c4nc(-c5ccncn5)cc(=O)n4C)CCO3)cc2)NO1. The van der Waals surface area contributed by atoms with Crippen molar-refractivity contribution in [2.24, 2.45) is 7.05 Å². The largest absolute Gasteiger partial charge is 0.392 e. The number of rotatable bonds is 4. The molecule has 4 heterocycles. The van der Waals surface area contributed by atoms with Gasteiger partial charge in [0.1, 0.15) is 18.2 Å². The average molecular weight is 433 g/mol. The molecule has 32 heavy (non-hydrogen) atoms. The Balaban J connectivity index is 1.38. The highest BCUT2D eigenvalue weighted by Gasteiger charge is 2.25. The van der Waals surface area contributed by atoms with Crippen LogP contribution in [0.25, 0.3) is 11.4 Å². The highest BCUT2D eigenvalue weighted by atomic mass is 16.7. The van der Waals surface area contributed by atoms with E-state index in [0.29, 0.717) is 37.0 Å². The molecule has 0 amide bonds. The molecule has 3 aromatic rings. The summed E-state index contributed by atoms with van der Waals surface area (Å²) in [5.74, 6) is 1.39. The molecule has 0 saturated carbocycles. The van der Waals surface area contributed by atoms with Crippen LogP contribution in [0.5, 0.6) is 0 Å². The quantitative estimate of drug-likeness (QED) is 0.662. The van der Waals surface area contributed by atoms with Crippen LogP contribution in [0.1, 0.15) is 18.6 Å². The van der Waals surface area contributed by atoms with Crippen molar-refractivity contribution in [2.75, 3.05) is 29.6 Å². The third-order valence-electron chi connectivity index (χ3n) is 5.46. The lowest BCUT2D eigenvalue weighted by Gasteiger charge is -2.34. The fourth-order valence-corrected chi connectivity index (χ4v) is 3.75. The van der Waals surface area contributed by atoms with Crippen LogP contribution >= 0.6 is 0 Å². The van der Waals surface area contributed by atoms with Gasteiger partial charge in [0.25, 0.3) is 5.56 Å². The van der Waals surface area contributed by atoms with Crippen molar-refractivity contribution in [3.63, 3.8) is 0 Å². The molecule has 2 aliphatic rings. The molecule has 10 nitrogen and oxygen atoms in total. The summed E-state index contributed by atoms with van der Waals surface area (Å²) in [6.45, 7) is 3.63. The second kappa shape index (κ2) is 8.40. The molecule has 10 heteroatoms. The number of hydrogen-bond acceptors (Lipinski definition) is 9. The fourth-order valence-electron chi connectivity index (χ4n) is 3.75. The van der Waals surface area contributed by atoms with E-state index >= 15 is 0 Å². The zero-order chi connectivity index (χ0) is 22.1. The molecule has 0 radical (unpaired) electrons. The van der Waals surface area contributed by atoms with E-state index in [2.05, 4.69) is 20.5 Å². The summed E-state index contributed by atoms with van der Waals surface area (Å²) in [4.78, 5) is 32.8. The number of nitrogens with zero attached hydrogens (tertiary/aromatic N) is 6. The van der Waals surface area contributed by atoms with Crippen LogP contribution in [0.4, 0.5) is 11.6 Å². The molecule has 1 atom stereocenters. The first-order valence-corrected chi connectivity index (χ1v) is 10.3. The van der Waals surface area contributed by atoms with Crippen molar-refractivity contribution in [3.05, 3.63) is 76.8 Å². The summed E-state index contributed by atoms with van der Waals surface area (Å²) in [5, 5.41) is 1.81. The van der Waals surface area contributed by atoms with E-state index in [1.165, 1.54) is 12.4 Å². The molecule has 164 valence electrons. The number of hydrogen-bond donors (Lipinski definition) is 1. The van der Waals surface area contributed by atoms with Gasteiger partial charge in [-0.2, -0.15) is 0 Å². The lowest BCUT2D eigenvalue weighted by atomic mass is 10.1. The third kappa shape index (κ3) is 3.93. The summed E-state index contributed by atoms with van der Waals surface area (Å²) in [6, 6.07) is 11.3. The maximum atomic E-state index is 12.6. The van der Waals surface area contributed by atoms with Crippen molar-refractivity contribution in [1.29, 1.82) is 0 Å². The Kier molecular flexibility index (Phi) is 5.29. The van der Waals surface area contributed by atoms with Crippen LogP contribution in [0, 0.1) is 0 Å². The predicted octanol–water partition coefficient (Wildman–Crippen LogP) is 1.93. The number of nitrogens with one attached hydrogen (secondary N) is 1. The van der Waals surface area contributed by atoms with Crippen molar-refractivity contribution in [3.8, 4) is 11.4 Å². The van der Waals surface area contributed by atoms with Gasteiger partial charge in [-0.1, -0.05) is 17.7 Å². The first kappa shape index (κ1) is 20.2. The van der Waals surface area contributed by atoms with Gasteiger partial charge in [0.05, 0.1) is 36.4 Å². The van der Waals surface area contributed by atoms with Gasteiger partial charge >= 0.3 is 0 Å². The van der Waals surface area contributed by atoms with Gasteiger partial charge in [0.15, 0.2) is 0 Å². The molecule has 1 fully saturated rings. The average Bonchev–Trinajstić information content (AvgIpc) is 3.28. The van der Waals surface area contributed by atoms with Crippen LogP contribution in [-0.4, -0.2) is 39.2 Å². The molecule has 5 rings (SSSR count). The van der Waals surface area contributed by atoms with Gasteiger partial charge in [-0.15, -0.1) is 0 Å². The van der Waals surface area contributed by atoms with Gasteiger partial charge in [-0.3, -0.25) is 9.36 Å². The molecule has 1 N–H and O–H groups in total. The molecule has 2 aliphatic heterocycles. The third-order valence-corrected chi connectivity index (χ3v) is 5.46. The molecule has 1 aromatic carbocycles. The predicted molar refractivity (Wildman–Crippen MR) is 118 cm³/mol. The Morgan fingerprint density at radius 3 is 2.72 bits per heavy atom. The summed E-state index contributed by atoms with van der Waals surface area (Å²) in [6.07, 6.45) is 4.82. The molecular weight excluding hydrogens is 410 g/mol. The molecule has 0 aliphatic carbocycles. The van der Waals surface area contributed by atoms with Gasteiger partial charge < -0.3 is 14.5 Å². The first-order chi connectivity index (χ1) is 15.6. The Bertz CT molecular complexity index is 1190. The topological polar surface area (TPSA) is 97.6 Å². The number of benzene rings is 1. The van der Waals surface area contributed by atoms with E-state index in [9.17, 15) is 4.79 Å². The monoisotopic (exact) mass is 433 g/mol. The molecule has 0 bridgehead atoms. The minimum absolute atomic E-state index is 0.139. The van der Waals surface area contributed by atoms with E-state index < -0.39 is 0 Å². The maximum Gasteiger partial charge on any atom is 0.255 e. The van der Waals surface area contributed by atoms with Crippen LogP contribution in [-0.2, 0) is 16.6 Å². The maximum absolute atomic E-state index is 12.6.